The Balaban J connectivity index is 1.84. The molecule has 0 unspecified atom stereocenters. The number of aryl methyl sites for hydroxylation is 3. The average molecular weight is 347 g/mol. The standard InChI is InChI=1S/C22H25N3O/c1-5-18-11-9-10-15(2)22(18)23-21(26)14-20-16(3)24-25(17(20)4)19-12-7-6-8-13-19/h6-13H,5,14H2,1-4H3,(H,23,26). The maximum absolute atomic E-state index is 12.7. The van der Waals surface area contributed by atoms with Crippen LogP contribution < -0.4 is 5.32 Å². The lowest BCUT2D eigenvalue weighted by atomic mass is 10.0. The van der Waals surface area contributed by atoms with Crippen LogP contribution in [0.1, 0.15) is 35.0 Å². The number of carbonyl (C=O) groups is 1. The highest BCUT2D eigenvalue weighted by molar-refractivity contribution is 5.94. The van der Waals surface area contributed by atoms with Gasteiger partial charge in [0.15, 0.2) is 0 Å². The zero-order valence-corrected chi connectivity index (χ0v) is 15.8. The van der Waals surface area contributed by atoms with Gasteiger partial charge in [-0.25, -0.2) is 4.68 Å². The van der Waals surface area contributed by atoms with Gasteiger partial charge in [0.2, 0.25) is 5.91 Å². The highest BCUT2D eigenvalue weighted by atomic mass is 16.1. The number of benzene rings is 2. The molecule has 0 radical (unpaired) electrons. The van der Waals surface area contributed by atoms with E-state index in [9.17, 15) is 4.79 Å². The zero-order valence-electron chi connectivity index (χ0n) is 15.8. The normalized spacial score (nSPS) is 10.8. The van der Waals surface area contributed by atoms with Crippen LogP contribution in [0.2, 0.25) is 0 Å². The minimum absolute atomic E-state index is 0.00666. The van der Waals surface area contributed by atoms with Gasteiger partial charge in [-0.2, -0.15) is 5.10 Å². The lowest BCUT2D eigenvalue weighted by Crippen LogP contribution is -2.17. The zero-order chi connectivity index (χ0) is 18.7. The molecular weight excluding hydrogens is 322 g/mol. The van der Waals surface area contributed by atoms with Crippen LogP contribution in [0.15, 0.2) is 48.5 Å². The Hall–Kier alpha value is -2.88. The number of nitrogens with one attached hydrogen (secondary N) is 1. The molecule has 4 nitrogen and oxygen atoms in total. The van der Waals surface area contributed by atoms with Gasteiger partial charge in [0.25, 0.3) is 0 Å². The first kappa shape index (κ1) is 17.9. The second-order valence-corrected chi connectivity index (χ2v) is 6.58. The minimum Gasteiger partial charge on any atom is -0.325 e. The summed E-state index contributed by atoms with van der Waals surface area (Å²) >= 11 is 0. The maximum Gasteiger partial charge on any atom is 0.228 e. The molecule has 0 fully saturated rings. The van der Waals surface area contributed by atoms with E-state index in [0.717, 1.165) is 45.9 Å². The van der Waals surface area contributed by atoms with Crippen molar-refractivity contribution in [1.82, 2.24) is 9.78 Å². The third-order valence-corrected chi connectivity index (χ3v) is 4.78. The third kappa shape index (κ3) is 3.54. The quantitative estimate of drug-likeness (QED) is 0.736. The Morgan fingerprint density at radius 3 is 2.46 bits per heavy atom. The van der Waals surface area contributed by atoms with Gasteiger partial charge in [-0.1, -0.05) is 43.3 Å². The molecule has 1 N–H and O–H groups in total. The van der Waals surface area contributed by atoms with E-state index in [0.29, 0.717) is 6.42 Å². The van der Waals surface area contributed by atoms with Crippen molar-refractivity contribution in [1.29, 1.82) is 0 Å². The summed E-state index contributed by atoms with van der Waals surface area (Å²) in [5, 5.41) is 7.73. The van der Waals surface area contributed by atoms with E-state index in [4.69, 9.17) is 0 Å². The number of rotatable bonds is 5. The van der Waals surface area contributed by atoms with Crippen LogP contribution in [0.3, 0.4) is 0 Å². The smallest absolute Gasteiger partial charge is 0.228 e. The molecule has 1 heterocycles. The van der Waals surface area contributed by atoms with Gasteiger partial charge in [0, 0.05) is 16.9 Å². The highest BCUT2D eigenvalue weighted by Crippen LogP contribution is 2.23. The van der Waals surface area contributed by atoms with Gasteiger partial charge in [0.1, 0.15) is 0 Å². The Morgan fingerprint density at radius 2 is 1.77 bits per heavy atom. The Kier molecular flexibility index (Phi) is 5.21. The van der Waals surface area contributed by atoms with Crippen LogP contribution in [0.5, 0.6) is 0 Å². The van der Waals surface area contributed by atoms with Gasteiger partial charge in [-0.05, 0) is 50.5 Å². The first-order valence-electron chi connectivity index (χ1n) is 9.00. The van der Waals surface area contributed by atoms with Crippen molar-refractivity contribution in [3.8, 4) is 5.69 Å². The van der Waals surface area contributed by atoms with E-state index in [2.05, 4.69) is 23.4 Å². The number of carbonyl (C=O) groups excluding carboxylic acids is 1. The summed E-state index contributed by atoms with van der Waals surface area (Å²) < 4.78 is 1.91. The molecule has 3 aromatic rings. The Morgan fingerprint density at radius 1 is 1.04 bits per heavy atom. The molecule has 0 aliphatic carbocycles. The molecular formula is C22H25N3O. The predicted octanol–water partition coefficient (Wildman–Crippen LogP) is 4.54. The molecule has 134 valence electrons. The van der Waals surface area contributed by atoms with Crippen LogP contribution in [-0.2, 0) is 17.6 Å². The summed E-state index contributed by atoms with van der Waals surface area (Å²) in [6.07, 6.45) is 1.21. The Bertz CT molecular complexity index is 926. The van der Waals surface area contributed by atoms with Crippen molar-refractivity contribution in [3.63, 3.8) is 0 Å². The molecule has 3 rings (SSSR count). The molecule has 0 aliphatic rings. The first-order chi connectivity index (χ1) is 12.5. The molecule has 0 spiro atoms. The van der Waals surface area contributed by atoms with Crippen molar-refractivity contribution in [2.24, 2.45) is 0 Å². The van der Waals surface area contributed by atoms with Crippen molar-refractivity contribution in [2.45, 2.75) is 40.5 Å². The summed E-state index contributed by atoms with van der Waals surface area (Å²) in [6.45, 7) is 8.10. The molecule has 1 aromatic heterocycles. The van der Waals surface area contributed by atoms with E-state index >= 15 is 0 Å². The fourth-order valence-corrected chi connectivity index (χ4v) is 3.30. The van der Waals surface area contributed by atoms with E-state index < -0.39 is 0 Å². The first-order valence-corrected chi connectivity index (χ1v) is 9.00. The number of amides is 1. The van der Waals surface area contributed by atoms with E-state index in [1.807, 2.05) is 67.9 Å². The van der Waals surface area contributed by atoms with Gasteiger partial charge < -0.3 is 5.32 Å². The molecule has 0 aliphatic heterocycles. The minimum atomic E-state index is -0.00666. The van der Waals surface area contributed by atoms with Crippen LogP contribution in [0.25, 0.3) is 5.69 Å². The molecule has 1 amide bonds. The number of hydrogen-bond acceptors (Lipinski definition) is 2. The van der Waals surface area contributed by atoms with Crippen molar-refractivity contribution in [2.75, 3.05) is 5.32 Å². The monoisotopic (exact) mass is 347 g/mol. The third-order valence-electron chi connectivity index (χ3n) is 4.78. The lowest BCUT2D eigenvalue weighted by Gasteiger charge is -2.13. The molecule has 0 saturated carbocycles. The maximum atomic E-state index is 12.7. The van der Waals surface area contributed by atoms with E-state index in [1.165, 1.54) is 0 Å². The molecule has 2 aromatic carbocycles. The summed E-state index contributed by atoms with van der Waals surface area (Å²) in [4.78, 5) is 12.7. The highest BCUT2D eigenvalue weighted by Gasteiger charge is 2.17. The van der Waals surface area contributed by atoms with Gasteiger partial charge in [0.05, 0.1) is 17.8 Å². The topological polar surface area (TPSA) is 46.9 Å². The van der Waals surface area contributed by atoms with Crippen molar-refractivity contribution in [3.05, 3.63) is 76.6 Å². The summed E-state index contributed by atoms with van der Waals surface area (Å²) in [5.74, 6) is -0.00666. The van der Waals surface area contributed by atoms with Crippen LogP contribution >= 0.6 is 0 Å². The fraction of sp³-hybridized carbons (Fsp3) is 0.273. The number of anilines is 1. The number of hydrogen-bond donors (Lipinski definition) is 1. The van der Waals surface area contributed by atoms with Gasteiger partial charge in [-0.15, -0.1) is 0 Å². The molecule has 4 heteroatoms. The average Bonchev–Trinajstić information content (AvgIpc) is 2.92. The molecule has 0 saturated heterocycles. The fourth-order valence-electron chi connectivity index (χ4n) is 3.30. The SMILES string of the molecule is CCc1cccc(C)c1NC(=O)Cc1c(C)nn(-c2ccccc2)c1C. The van der Waals surface area contributed by atoms with Gasteiger partial charge in [-0.3, -0.25) is 4.79 Å². The van der Waals surface area contributed by atoms with E-state index in [1.54, 1.807) is 0 Å². The second kappa shape index (κ2) is 7.56. The van der Waals surface area contributed by atoms with Crippen LogP contribution in [0.4, 0.5) is 5.69 Å². The summed E-state index contributed by atoms with van der Waals surface area (Å²) in [6, 6.07) is 16.1. The van der Waals surface area contributed by atoms with Gasteiger partial charge >= 0.3 is 0 Å². The largest absolute Gasteiger partial charge is 0.325 e. The molecule has 0 atom stereocenters. The second-order valence-electron chi connectivity index (χ2n) is 6.58. The van der Waals surface area contributed by atoms with Crippen molar-refractivity contribution >= 4 is 11.6 Å². The lowest BCUT2D eigenvalue weighted by molar-refractivity contribution is -0.115. The number of para-hydroxylation sites is 2. The van der Waals surface area contributed by atoms with Crippen LogP contribution in [0, 0.1) is 20.8 Å². The number of aromatic nitrogens is 2. The summed E-state index contributed by atoms with van der Waals surface area (Å²) in [7, 11) is 0. The molecule has 26 heavy (non-hydrogen) atoms. The Labute approximate surface area is 154 Å². The summed E-state index contributed by atoms with van der Waals surface area (Å²) in [5.41, 5.74) is 7.07. The number of nitrogens with zero attached hydrogens (tertiary/aromatic N) is 2. The molecule has 0 bridgehead atoms. The van der Waals surface area contributed by atoms with E-state index in [-0.39, 0.29) is 5.91 Å². The van der Waals surface area contributed by atoms with Crippen molar-refractivity contribution < 1.29 is 4.79 Å². The van der Waals surface area contributed by atoms with Crippen LogP contribution in [-0.4, -0.2) is 15.7 Å². The predicted molar refractivity (Wildman–Crippen MR) is 106 cm³/mol.